The molecule has 0 fully saturated rings. The van der Waals surface area contributed by atoms with Crippen molar-refractivity contribution >= 4 is 57.5 Å². The van der Waals surface area contributed by atoms with Crippen molar-refractivity contribution in [1.82, 2.24) is 14.5 Å². The standard InChI is InChI=1S/C23H24Cl2N3O7PS/c1-36(33,17-5-3-4-16(29)11-17)7-6-14-8-18(24)21(19(25)9-14)22(30)27-20(23(31)32)10-15-12-26-28(13-15)37(2,34)35/h3-5,8-9,11-13,20,29H,6-7,10H2,1-2H3,(H,27,30)(H,31,32)/t20-,36?/m0/s1. The van der Waals surface area contributed by atoms with Crippen molar-refractivity contribution in [2.24, 2.45) is 0 Å². The second-order valence-corrected chi connectivity index (χ2v) is 14.4. The zero-order valence-corrected chi connectivity index (χ0v) is 23.0. The van der Waals surface area contributed by atoms with Crippen LogP contribution in [-0.2, 0) is 32.2 Å². The van der Waals surface area contributed by atoms with E-state index in [4.69, 9.17) is 23.2 Å². The molecule has 3 aromatic rings. The molecule has 37 heavy (non-hydrogen) atoms. The van der Waals surface area contributed by atoms with Gasteiger partial charge >= 0.3 is 5.97 Å². The van der Waals surface area contributed by atoms with E-state index in [1.54, 1.807) is 18.8 Å². The highest BCUT2D eigenvalue weighted by Gasteiger charge is 2.26. The SMILES string of the molecule is CP(=O)(CCc1cc(Cl)c(C(=O)N[C@@H](Cc2cnn(S(C)(=O)=O)c2)C(=O)O)c(Cl)c1)c1cccc(O)c1. The number of carboxylic acid groups (broad SMARTS) is 1. The fourth-order valence-corrected chi connectivity index (χ4v) is 6.54. The zero-order valence-electron chi connectivity index (χ0n) is 19.8. The third-order valence-electron chi connectivity index (χ3n) is 5.53. The first-order chi connectivity index (χ1) is 17.2. The lowest BCUT2D eigenvalue weighted by Gasteiger charge is -2.17. The summed E-state index contributed by atoms with van der Waals surface area (Å²) < 4.78 is 37.0. The highest BCUT2D eigenvalue weighted by atomic mass is 35.5. The number of nitrogens with one attached hydrogen (secondary N) is 1. The monoisotopic (exact) mass is 587 g/mol. The van der Waals surface area contributed by atoms with Crippen LogP contribution in [0.2, 0.25) is 10.0 Å². The smallest absolute Gasteiger partial charge is 0.326 e. The van der Waals surface area contributed by atoms with E-state index in [1.807, 2.05) is 0 Å². The van der Waals surface area contributed by atoms with E-state index in [-0.39, 0.29) is 39.5 Å². The van der Waals surface area contributed by atoms with Crippen LogP contribution in [0.5, 0.6) is 5.75 Å². The number of carboxylic acids is 1. The number of halogens is 2. The predicted molar refractivity (Wildman–Crippen MR) is 141 cm³/mol. The zero-order chi connectivity index (χ0) is 27.5. The molecule has 2 atom stereocenters. The maximum Gasteiger partial charge on any atom is 0.326 e. The van der Waals surface area contributed by atoms with Crippen LogP contribution in [0, 0.1) is 0 Å². The van der Waals surface area contributed by atoms with E-state index in [2.05, 4.69) is 10.4 Å². The quantitative estimate of drug-likeness (QED) is 0.306. The van der Waals surface area contributed by atoms with E-state index in [0.717, 1.165) is 12.5 Å². The number of aryl methyl sites for hydroxylation is 1. The second kappa shape index (κ2) is 11.3. The van der Waals surface area contributed by atoms with Crippen LogP contribution in [0.3, 0.4) is 0 Å². The Hall–Kier alpha value is -2.85. The number of rotatable bonds is 10. The maximum absolute atomic E-state index is 13.1. The van der Waals surface area contributed by atoms with Crippen molar-refractivity contribution in [2.75, 3.05) is 19.1 Å². The highest BCUT2D eigenvalue weighted by Crippen LogP contribution is 2.41. The second-order valence-electron chi connectivity index (χ2n) is 8.58. The van der Waals surface area contributed by atoms with Crippen LogP contribution in [0.1, 0.15) is 21.5 Å². The first-order valence-electron chi connectivity index (χ1n) is 10.8. The molecule has 0 radical (unpaired) electrons. The molecule has 10 nitrogen and oxygen atoms in total. The number of phenols is 1. The van der Waals surface area contributed by atoms with E-state index in [1.165, 1.54) is 30.5 Å². The summed E-state index contributed by atoms with van der Waals surface area (Å²) in [6, 6.07) is 7.82. The van der Waals surface area contributed by atoms with E-state index in [0.29, 0.717) is 21.4 Å². The summed E-state index contributed by atoms with van der Waals surface area (Å²) >= 11 is 12.6. The van der Waals surface area contributed by atoms with E-state index < -0.39 is 35.1 Å². The summed E-state index contributed by atoms with van der Waals surface area (Å²) in [4.78, 5) is 24.6. The Labute approximate surface area is 223 Å². The van der Waals surface area contributed by atoms with Gasteiger partial charge in [-0.2, -0.15) is 9.19 Å². The van der Waals surface area contributed by atoms with Gasteiger partial charge in [-0.05, 0) is 48.5 Å². The Morgan fingerprint density at radius 1 is 1.16 bits per heavy atom. The van der Waals surface area contributed by atoms with Crippen LogP contribution in [0.15, 0.2) is 48.8 Å². The van der Waals surface area contributed by atoms with Gasteiger partial charge in [0.15, 0.2) is 0 Å². The van der Waals surface area contributed by atoms with Crippen molar-refractivity contribution in [3.05, 3.63) is 75.5 Å². The molecule has 3 N–H and O–H groups in total. The van der Waals surface area contributed by atoms with E-state index >= 15 is 0 Å². The Bertz CT molecular complexity index is 1480. The van der Waals surface area contributed by atoms with Crippen LogP contribution in [-0.4, -0.2) is 64.8 Å². The molecule has 0 saturated heterocycles. The van der Waals surface area contributed by atoms with Gasteiger partial charge in [-0.1, -0.05) is 35.3 Å². The van der Waals surface area contributed by atoms with Gasteiger partial charge < -0.3 is 20.1 Å². The third kappa shape index (κ3) is 7.35. The molecule has 1 aromatic heterocycles. The Kier molecular flexibility index (Phi) is 8.74. The molecule has 3 rings (SSSR count). The number of amides is 1. The number of phenolic OH excluding ortho intramolecular Hbond substituents is 1. The minimum Gasteiger partial charge on any atom is -0.508 e. The van der Waals surface area contributed by atoms with Crippen LogP contribution < -0.4 is 10.6 Å². The number of hydrogen-bond acceptors (Lipinski definition) is 7. The number of carbonyl (C=O) groups excluding carboxylic acids is 1. The molecular formula is C23H24Cl2N3O7PS. The number of aromatic hydroxyl groups is 1. The number of benzene rings is 2. The molecule has 0 aliphatic carbocycles. The van der Waals surface area contributed by atoms with Crippen LogP contribution in [0.4, 0.5) is 0 Å². The molecule has 0 aliphatic rings. The molecule has 1 unspecified atom stereocenters. The number of carbonyl (C=O) groups is 2. The number of aliphatic carboxylic acids is 1. The molecule has 1 heterocycles. The van der Waals surface area contributed by atoms with Gasteiger partial charge in [-0.15, -0.1) is 0 Å². The lowest BCUT2D eigenvalue weighted by atomic mass is 10.1. The Morgan fingerprint density at radius 3 is 2.35 bits per heavy atom. The molecule has 198 valence electrons. The summed E-state index contributed by atoms with van der Waals surface area (Å²) in [6.45, 7) is 1.61. The Morgan fingerprint density at radius 2 is 1.81 bits per heavy atom. The van der Waals surface area contributed by atoms with Crippen LogP contribution >= 0.6 is 30.3 Å². The lowest BCUT2D eigenvalue weighted by Crippen LogP contribution is -2.42. The average Bonchev–Trinajstić information content (AvgIpc) is 3.26. The summed E-state index contributed by atoms with van der Waals surface area (Å²) in [7, 11) is -6.45. The maximum atomic E-state index is 13.1. The van der Waals surface area contributed by atoms with Crippen molar-refractivity contribution in [3.8, 4) is 5.75 Å². The Balaban J connectivity index is 1.74. The third-order valence-corrected chi connectivity index (χ3v) is 9.45. The number of hydrogen-bond donors (Lipinski definition) is 3. The summed E-state index contributed by atoms with van der Waals surface area (Å²) in [5.74, 6) is -2.16. The minimum absolute atomic E-state index is 0.0164. The van der Waals surface area contributed by atoms with Crippen molar-refractivity contribution in [1.29, 1.82) is 0 Å². The fraction of sp³-hybridized carbons (Fsp3) is 0.261. The summed E-state index contributed by atoms with van der Waals surface area (Å²) in [6.07, 6.45) is 3.66. The molecule has 0 spiro atoms. The molecule has 0 saturated carbocycles. The van der Waals surface area contributed by atoms with Crippen LogP contribution in [0.25, 0.3) is 0 Å². The summed E-state index contributed by atoms with van der Waals surface area (Å²) in [5.41, 5.74) is 0.774. The number of aromatic nitrogens is 2. The van der Waals surface area contributed by atoms with Gasteiger partial charge in [0.05, 0.1) is 28.1 Å². The largest absolute Gasteiger partial charge is 0.508 e. The number of nitrogens with zero attached hydrogens (tertiary/aromatic N) is 2. The normalized spacial score (nSPS) is 14.1. The molecule has 0 aliphatic heterocycles. The fourth-order valence-electron chi connectivity index (χ4n) is 3.54. The summed E-state index contributed by atoms with van der Waals surface area (Å²) in [5, 5.41) is 25.8. The molecular weight excluding hydrogens is 564 g/mol. The van der Waals surface area contributed by atoms with Gasteiger partial charge in [0, 0.05) is 24.1 Å². The minimum atomic E-state index is -3.64. The van der Waals surface area contributed by atoms with Gasteiger partial charge in [0.2, 0.25) is 0 Å². The first kappa shape index (κ1) is 28.7. The predicted octanol–water partition coefficient (Wildman–Crippen LogP) is 2.99. The van der Waals surface area contributed by atoms with Gasteiger partial charge in [0.1, 0.15) is 18.9 Å². The molecule has 2 aromatic carbocycles. The molecule has 0 bridgehead atoms. The molecule has 1 amide bonds. The highest BCUT2D eigenvalue weighted by molar-refractivity contribution is 7.89. The van der Waals surface area contributed by atoms with Gasteiger partial charge in [-0.25, -0.2) is 13.2 Å². The van der Waals surface area contributed by atoms with Crippen molar-refractivity contribution < 1.29 is 32.8 Å². The average molecular weight is 588 g/mol. The van der Waals surface area contributed by atoms with Gasteiger partial charge in [0.25, 0.3) is 15.9 Å². The lowest BCUT2D eigenvalue weighted by molar-refractivity contribution is -0.139. The van der Waals surface area contributed by atoms with Crippen molar-refractivity contribution in [3.63, 3.8) is 0 Å². The van der Waals surface area contributed by atoms with Gasteiger partial charge in [-0.3, -0.25) is 4.79 Å². The topological polar surface area (TPSA) is 156 Å². The van der Waals surface area contributed by atoms with E-state index in [9.17, 15) is 32.8 Å². The van der Waals surface area contributed by atoms with Crippen molar-refractivity contribution in [2.45, 2.75) is 18.9 Å². The first-order valence-corrected chi connectivity index (χ1v) is 15.7. The molecule has 14 heteroatoms.